The Labute approximate surface area is 188 Å². The highest BCUT2D eigenvalue weighted by atomic mass is 32.2. The molecule has 0 radical (unpaired) electrons. The number of hydrogen-bond donors (Lipinski definition) is 1. The lowest BCUT2D eigenvalue weighted by atomic mass is 9.76. The molecule has 2 aliphatic rings. The molecule has 0 amide bonds. The maximum atomic E-state index is 13.2. The van der Waals surface area contributed by atoms with E-state index < -0.39 is 10.8 Å². The number of anilines is 1. The topological polar surface area (TPSA) is 113 Å². The average molecular weight is 453 g/mol. The molecule has 0 saturated heterocycles. The Morgan fingerprint density at radius 3 is 2.90 bits per heavy atom. The zero-order valence-electron chi connectivity index (χ0n) is 16.8. The molecule has 9 heteroatoms. The molecule has 0 spiro atoms. The number of rotatable bonds is 5. The Kier molecular flexibility index (Phi) is 5.85. The van der Waals surface area contributed by atoms with E-state index in [9.17, 15) is 20.2 Å². The molecule has 4 rings (SSSR count). The number of thiophene rings is 1. The first kappa shape index (κ1) is 21.2. The van der Waals surface area contributed by atoms with Crippen molar-refractivity contribution in [3.8, 4) is 6.07 Å². The Hall–Kier alpha value is -3.09. The summed E-state index contributed by atoms with van der Waals surface area (Å²) >= 11 is 3.27. The van der Waals surface area contributed by atoms with Crippen LogP contribution in [-0.2, 0) is 4.79 Å². The van der Waals surface area contributed by atoms with Crippen LogP contribution in [-0.4, -0.2) is 16.5 Å². The summed E-state index contributed by atoms with van der Waals surface area (Å²) in [4.78, 5) is 25.6. The number of nitrogens with zero attached hydrogens (tertiary/aromatic N) is 3. The van der Waals surface area contributed by atoms with Crippen molar-refractivity contribution in [1.29, 1.82) is 5.26 Å². The van der Waals surface area contributed by atoms with Crippen molar-refractivity contribution in [3.05, 3.63) is 74.1 Å². The minimum atomic E-state index is -0.511. The normalized spacial score (nSPS) is 18.8. The van der Waals surface area contributed by atoms with E-state index in [-0.39, 0.29) is 17.3 Å². The summed E-state index contributed by atoms with van der Waals surface area (Å²) in [7, 11) is 0. The van der Waals surface area contributed by atoms with Crippen LogP contribution in [0.15, 0.2) is 62.6 Å². The van der Waals surface area contributed by atoms with E-state index in [1.807, 2.05) is 11.4 Å². The largest absolute Gasteiger partial charge is 0.384 e. The van der Waals surface area contributed by atoms with Crippen molar-refractivity contribution < 1.29 is 9.72 Å². The molecule has 2 aromatic rings. The fourth-order valence-corrected chi connectivity index (χ4v) is 6.27. The standard InChI is InChI=1S/C22H20N4O3S2/c1-2-30-22-15(9-10-31-22)19-16(12-23)21(24)25(17-7-4-8-18(27)20(17)19)13-5-3-6-14(11-13)26(28)29/h3,5-6,9-11,19H,2,4,7-8,24H2,1H3. The van der Waals surface area contributed by atoms with Crippen molar-refractivity contribution in [2.45, 2.75) is 36.3 Å². The summed E-state index contributed by atoms with van der Waals surface area (Å²) < 4.78 is 1.07. The van der Waals surface area contributed by atoms with Crippen molar-refractivity contribution in [3.63, 3.8) is 0 Å². The number of carbonyl (C=O) groups excluding carboxylic acids is 1. The predicted octanol–water partition coefficient (Wildman–Crippen LogP) is 5.07. The minimum Gasteiger partial charge on any atom is -0.384 e. The van der Waals surface area contributed by atoms with E-state index in [0.717, 1.165) is 21.2 Å². The van der Waals surface area contributed by atoms with Gasteiger partial charge in [-0.05, 0) is 41.7 Å². The first-order valence-electron chi connectivity index (χ1n) is 9.88. The summed E-state index contributed by atoms with van der Waals surface area (Å²) in [6.45, 7) is 2.06. The molecule has 0 saturated carbocycles. The van der Waals surface area contributed by atoms with Crippen LogP contribution in [0, 0.1) is 21.4 Å². The van der Waals surface area contributed by atoms with E-state index in [1.165, 1.54) is 12.1 Å². The number of hydrogen-bond acceptors (Lipinski definition) is 8. The van der Waals surface area contributed by atoms with Gasteiger partial charge in [0, 0.05) is 29.8 Å². The second-order valence-corrected chi connectivity index (χ2v) is 9.64. The number of Topliss-reactive ketones (excluding diaryl/α,β-unsaturated/α-hetero) is 1. The Bertz CT molecular complexity index is 1180. The van der Waals surface area contributed by atoms with Crippen LogP contribution in [0.2, 0.25) is 0 Å². The van der Waals surface area contributed by atoms with Crippen LogP contribution in [0.3, 0.4) is 0 Å². The highest BCUT2D eigenvalue weighted by Crippen LogP contribution is 2.49. The van der Waals surface area contributed by atoms with Crippen LogP contribution in [0.5, 0.6) is 0 Å². The highest BCUT2D eigenvalue weighted by Gasteiger charge is 2.41. The zero-order chi connectivity index (χ0) is 22.1. The molecule has 0 fully saturated rings. The van der Waals surface area contributed by atoms with Crippen LogP contribution in [0.25, 0.3) is 0 Å². The molecular weight excluding hydrogens is 432 g/mol. The van der Waals surface area contributed by atoms with Gasteiger partial charge >= 0.3 is 0 Å². The quantitative estimate of drug-likeness (QED) is 0.382. The van der Waals surface area contributed by atoms with E-state index >= 15 is 0 Å². The summed E-state index contributed by atoms with van der Waals surface area (Å²) in [5, 5.41) is 23.4. The smallest absolute Gasteiger partial charge is 0.271 e. The molecule has 1 atom stereocenters. The SMILES string of the molecule is CCSc1sccc1C1C(C#N)=C(N)N(c2cccc([N+](=O)[O-])c2)C2=C1C(=O)CCC2. The third-order valence-corrected chi connectivity index (χ3v) is 7.61. The molecule has 2 heterocycles. The first-order chi connectivity index (χ1) is 15.0. The Balaban J connectivity index is 1.95. The maximum absolute atomic E-state index is 13.2. The molecule has 1 unspecified atom stereocenters. The minimum absolute atomic E-state index is 0.000536. The number of allylic oxidation sites excluding steroid dienone is 3. The Morgan fingerprint density at radius 1 is 1.39 bits per heavy atom. The van der Waals surface area contributed by atoms with Gasteiger partial charge in [-0.3, -0.25) is 19.8 Å². The van der Waals surface area contributed by atoms with E-state index in [1.54, 1.807) is 40.1 Å². The lowest BCUT2D eigenvalue weighted by Crippen LogP contribution is -2.38. The molecular formula is C22H20N4O3S2. The van der Waals surface area contributed by atoms with Gasteiger partial charge in [0.2, 0.25) is 0 Å². The third kappa shape index (κ3) is 3.62. The van der Waals surface area contributed by atoms with Gasteiger partial charge in [0.1, 0.15) is 5.82 Å². The van der Waals surface area contributed by atoms with Crippen molar-refractivity contribution in [2.75, 3.05) is 10.7 Å². The number of non-ortho nitro benzene ring substituents is 1. The number of benzene rings is 1. The van der Waals surface area contributed by atoms with Gasteiger partial charge in [-0.25, -0.2) is 0 Å². The molecule has 31 heavy (non-hydrogen) atoms. The first-order valence-corrected chi connectivity index (χ1v) is 11.7. The van der Waals surface area contributed by atoms with Crippen molar-refractivity contribution in [2.24, 2.45) is 5.73 Å². The van der Waals surface area contributed by atoms with Gasteiger partial charge in [0.25, 0.3) is 5.69 Å². The summed E-state index contributed by atoms with van der Waals surface area (Å²) in [5.74, 6) is 0.588. The molecule has 0 bridgehead atoms. The predicted molar refractivity (Wildman–Crippen MR) is 122 cm³/mol. The van der Waals surface area contributed by atoms with Crippen LogP contribution >= 0.6 is 23.1 Å². The number of nitro benzene ring substituents is 1. The summed E-state index contributed by atoms with van der Waals surface area (Å²) in [6, 6.07) is 10.3. The highest BCUT2D eigenvalue weighted by molar-refractivity contribution is 8.01. The van der Waals surface area contributed by atoms with Gasteiger partial charge < -0.3 is 5.73 Å². The molecule has 1 aromatic carbocycles. The molecule has 2 N–H and O–H groups in total. The molecule has 158 valence electrons. The van der Waals surface area contributed by atoms with Gasteiger partial charge in [-0.2, -0.15) is 5.26 Å². The van der Waals surface area contributed by atoms with E-state index in [4.69, 9.17) is 5.73 Å². The maximum Gasteiger partial charge on any atom is 0.271 e. The Morgan fingerprint density at radius 2 is 2.19 bits per heavy atom. The molecule has 1 aliphatic carbocycles. The summed E-state index contributed by atoms with van der Waals surface area (Å²) in [6.07, 6.45) is 1.70. The number of nitrogens with two attached hydrogens (primary N) is 1. The van der Waals surface area contributed by atoms with E-state index in [2.05, 4.69) is 13.0 Å². The van der Waals surface area contributed by atoms with Gasteiger partial charge in [-0.1, -0.05) is 13.0 Å². The van der Waals surface area contributed by atoms with Gasteiger partial charge in [-0.15, -0.1) is 23.1 Å². The van der Waals surface area contributed by atoms with Crippen LogP contribution < -0.4 is 10.6 Å². The number of nitro groups is 1. The molecule has 1 aromatic heterocycles. The van der Waals surface area contributed by atoms with Crippen LogP contribution in [0.1, 0.15) is 37.7 Å². The van der Waals surface area contributed by atoms with Gasteiger partial charge in [0.05, 0.1) is 32.4 Å². The lowest BCUT2D eigenvalue weighted by molar-refractivity contribution is -0.384. The van der Waals surface area contributed by atoms with E-state index in [0.29, 0.717) is 36.1 Å². The number of thioether (sulfide) groups is 1. The number of ketones is 1. The second kappa shape index (κ2) is 8.57. The average Bonchev–Trinajstić information content (AvgIpc) is 3.21. The third-order valence-electron chi connectivity index (χ3n) is 5.46. The molecule has 7 nitrogen and oxygen atoms in total. The number of carbonyl (C=O) groups is 1. The summed E-state index contributed by atoms with van der Waals surface area (Å²) in [5.41, 5.74) is 9.48. The molecule has 1 aliphatic heterocycles. The van der Waals surface area contributed by atoms with Crippen molar-refractivity contribution >= 4 is 40.3 Å². The van der Waals surface area contributed by atoms with Gasteiger partial charge in [0.15, 0.2) is 5.78 Å². The fraction of sp³-hybridized carbons (Fsp3) is 0.273. The van der Waals surface area contributed by atoms with Crippen LogP contribution in [0.4, 0.5) is 11.4 Å². The number of nitriles is 1. The van der Waals surface area contributed by atoms with Crippen molar-refractivity contribution in [1.82, 2.24) is 0 Å². The fourth-order valence-electron chi connectivity index (χ4n) is 4.21. The monoisotopic (exact) mass is 452 g/mol. The zero-order valence-corrected chi connectivity index (χ0v) is 18.5. The second-order valence-electron chi connectivity index (χ2n) is 7.19. The lowest BCUT2D eigenvalue weighted by Gasteiger charge is -2.39.